The van der Waals surface area contributed by atoms with Crippen LogP contribution in [0.3, 0.4) is 0 Å². The van der Waals surface area contributed by atoms with E-state index in [2.05, 4.69) is 41.2 Å². The van der Waals surface area contributed by atoms with Gasteiger partial charge in [0.05, 0.1) is 5.69 Å². The Morgan fingerprint density at radius 2 is 1.73 bits per heavy atom. The third-order valence-corrected chi connectivity index (χ3v) is 3.84. The van der Waals surface area contributed by atoms with Gasteiger partial charge in [0.1, 0.15) is 18.2 Å². The molecule has 0 aliphatic heterocycles. The molecule has 5 heteroatoms. The van der Waals surface area contributed by atoms with Gasteiger partial charge < -0.3 is 4.42 Å². The van der Waals surface area contributed by atoms with Crippen molar-refractivity contribution in [2.45, 2.75) is 13.8 Å². The number of aromatic nitrogens is 4. The topological polar surface area (TPSA) is 56.7 Å². The molecular formula is C17H14N4O. The average Bonchev–Trinajstić information content (AvgIpc) is 3.17. The van der Waals surface area contributed by atoms with Crippen molar-refractivity contribution < 1.29 is 4.42 Å². The van der Waals surface area contributed by atoms with E-state index in [1.165, 1.54) is 11.1 Å². The first kappa shape index (κ1) is 12.8. The molecule has 4 rings (SSSR count). The number of nitrogens with zero attached hydrogens (tertiary/aromatic N) is 4. The SMILES string of the molecule is Cc1ccc(-c2nc3cc(-n4cnnc4)ccc3o2)cc1C. The van der Waals surface area contributed by atoms with Crippen LogP contribution in [0.5, 0.6) is 0 Å². The number of hydrogen-bond donors (Lipinski definition) is 0. The van der Waals surface area contributed by atoms with Gasteiger partial charge in [-0.25, -0.2) is 4.98 Å². The highest BCUT2D eigenvalue weighted by Gasteiger charge is 2.10. The third-order valence-electron chi connectivity index (χ3n) is 3.84. The minimum atomic E-state index is 0.638. The maximum Gasteiger partial charge on any atom is 0.227 e. The van der Waals surface area contributed by atoms with Crippen LogP contribution in [-0.2, 0) is 0 Å². The van der Waals surface area contributed by atoms with Gasteiger partial charge in [-0.05, 0) is 55.3 Å². The van der Waals surface area contributed by atoms with Gasteiger partial charge in [-0.15, -0.1) is 10.2 Å². The van der Waals surface area contributed by atoms with E-state index in [9.17, 15) is 0 Å². The first-order valence-electron chi connectivity index (χ1n) is 7.04. The first-order valence-corrected chi connectivity index (χ1v) is 7.04. The molecule has 0 aliphatic rings. The molecule has 2 aromatic heterocycles. The maximum atomic E-state index is 5.87. The van der Waals surface area contributed by atoms with Crippen molar-refractivity contribution in [3.05, 3.63) is 60.2 Å². The highest BCUT2D eigenvalue weighted by atomic mass is 16.3. The molecule has 0 spiro atoms. The molecular weight excluding hydrogens is 276 g/mol. The highest BCUT2D eigenvalue weighted by molar-refractivity contribution is 5.78. The van der Waals surface area contributed by atoms with Crippen LogP contribution in [0.15, 0.2) is 53.5 Å². The molecule has 2 heterocycles. The summed E-state index contributed by atoms with van der Waals surface area (Å²) in [6, 6.07) is 12.1. The van der Waals surface area contributed by atoms with Crippen LogP contribution in [0.1, 0.15) is 11.1 Å². The van der Waals surface area contributed by atoms with Crippen molar-refractivity contribution in [3.63, 3.8) is 0 Å². The number of oxazole rings is 1. The summed E-state index contributed by atoms with van der Waals surface area (Å²) in [5.74, 6) is 0.638. The predicted octanol–water partition coefficient (Wildman–Crippen LogP) is 3.69. The lowest BCUT2D eigenvalue weighted by Crippen LogP contribution is -1.89. The maximum absolute atomic E-state index is 5.87. The van der Waals surface area contributed by atoms with Gasteiger partial charge in [0, 0.05) is 5.56 Å². The molecule has 0 N–H and O–H groups in total. The summed E-state index contributed by atoms with van der Waals surface area (Å²) in [4.78, 5) is 4.60. The lowest BCUT2D eigenvalue weighted by atomic mass is 10.1. The van der Waals surface area contributed by atoms with Crippen LogP contribution < -0.4 is 0 Å². The number of rotatable bonds is 2. The van der Waals surface area contributed by atoms with Crippen LogP contribution in [0.4, 0.5) is 0 Å². The lowest BCUT2D eigenvalue weighted by molar-refractivity contribution is 0.619. The summed E-state index contributed by atoms with van der Waals surface area (Å²) in [7, 11) is 0. The highest BCUT2D eigenvalue weighted by Crippen LogP contribution is 2.27. The molecule has 0 bridgehead atoms. The zero-order chi connectivity index (χ0) is 15.1. The Morgan fingerprint density at radius 3 is 2.50 bits per heavy atom. The summed E-state index contributed by atoms with van der Waals surface area (Å²) in [6.07, 6.45) is 3.32. The fraction of sp³-hybridized carbons (Fsp3) is 0.118. The molecule has 0 saturated heterocycles. The predicted molar refractivity (Wildman–Crippen MR) is 83.8 cm³/mol. The van der Waals surface area contributed by atoms with Crippen LogP contribution in [0.2, 0.25) is 0 Å². The number of benzene rings is 2. The zero-order valence-corrected chi connectivity index (χ0v) is 12.3. The minimum Gasteiger partial charge on any atom is -0.436 e. The van der Waals surface area contributed by atoms with Gasteiger partial charge in [0.25, 0.3) is 0 Å². The second kappa shape index (κ2) is 4.80. The molecule has 0 fully saturated rings. The smallest absolute Gasteiger partial charge is 0.227 e. The van der Waals surface area contributed by atoms with Gasteiger partial charge in [-0.1, -0.05) is 6.07 Å². The summed E-state index contributed by atoms with van der Waals surface area (Å²) < 4.78 is 7.71. The molecule has 108 valence electrons. The van der Waals surface area contributed by atoms with Crippen LogP contribution in [0, 0.1) is 13.8 Å². The van der Waals surface area contributed by atoms with E-state index < -0.39 is 0 Å². The van der Waals surface area contributed by atoms with Crippen molar-refractivity contribution in [1.82, 2.24) is 19.7 Å². The second-order valence-corrected chi connectivity index (χ2v) is 5.34. The fourth-order valence-electron chi connectivity index (χ4n) is 2.41. The lowest BCUT2D eigenvalue weighted by Gasteiger charge is -2.01. The standard InChI is InChI=1S/C17H14N4O/c1-11-3-4-13(7-12(11)2)17-20-15-8-14(5-6-16(15)22-17)21-9-18-19-10-21/h3-10H,1-2H3. The molecule has 5 nitrogen and oxygen atoms in total. The van der Waals surface area contributed by atoms with E-state index in [1.54, 1.807) is 12.7 Å². The molecule has 2 aromatic carbocycles. The Balaban J connectivity index is 1.81. The first-order chi connectivity index (χ1) is 10.7. The third kappa shape index (κ3) is 2.07. The quantitative estimate of drug-likeness (QED) is 0.565. The van der Waals surface area contributed by atoms with Gasteiger partial charge in [0.15, 0.2) is 5.58 Å². The van der Waals surface area contributed by atoms with E-state index in [0.717, 1.165) is 22.4 Å². The van der Waals surface area contributed by atoms with E-state index in [0.29, 0.717) is 5.89 Å². The Morgan fingerprint density at radius 1 is 0.909 bits per heavy atom. The summed E-state index contributed by atoms with van der Waals surface area (Å²) >= 11 is 0. The van der Waals surface area contributed by atoms with Crippen molar-refractivity contribution in [2.75, 3.05) is 0 Å². The van der Waals surface area contributed by atoms with E-state index in [4.69, 9.17) is 4.42 Å². The molecule has 0 radical (unpaired) electrons. The normalized spacial score (nSPS) is 11.2. The Kier molecular flexibility index (Phi) is 2.79. The molecule has 22 heavy (non-hydrogen) atoms. The van der Waals surface area contributed by atoms with Crippen molar-refractivity contribution >= 4 is 11.1 Å². The van der Waals surface area contributed by atoms with Crippen LogP contribution in [0.25, 0.3) is 28.2 Å². The van der Waals surface area contributed by atoms with Gasteiger partial charge in [0.2, 0.25) is 5.89 Å². The van der Waals surface area contributed by atoms with E-state index in [1.807, 2.05) is 28.8 Å². The Bertz CT molecular complexity index is 954. The number of aryl methyl sites for hydroxylation is 2. The molecule has 0 aliphatic carbocycles. The number of hydrogen-bond acceptors (Lipinski definition) is 4. The van der Waals surface area contributed by atoms with Gasteiger partial charge in [-0.3, -0.25) is 4.57 Å². The molecule has 0 amide bonds. The minimum absolute atomic E-state index is 0.638. The molecule has 0 saturated carbocycles. The van der Waals surface area contributed by atoms with Crippen molar-refractivity contribution in [2.24, 2.45) is 0 Å². The fourth-order valence-corrected chi connectivity index (χ4v) is 2.41. The van der Waals surface area contributed by atoms with Gasteiger partial charge in [-0.2, -0.15) is 0 Å². The van der Waals surface area contributed by atoms with E-state index in [-0.39, 0.29) is 0 Å². The van der Waals surface area contributed by atoms with Crippen LogP contribution >= 0.6 is 0 Å². The largest absolute Gasteiger partial charge is 0.436 e. The van der Waals surface area contributed by atoms with Crippen molar-refractivity contribution in [3.8, 4) is 17.1 Å². The molecule has 0 atom stereocenters. The summed E-state index contributed by atoms with van der Waals surface area (Å²) in [6.45, 7) is 4.18. The second-order valence-electron chi connectivity index (χ2n) is 5.34. The Hall–Kier alpha value is -2.95. The average molecular weight is 290 g/mol. The molecule has 4 aromatic rings. The van der Waals surface area contributed by atoms with Gasteiger partial charge >= 0.3 is 0 Å². The monoisotopic (exact) mass is 290 g/mol. The van der Waals surface area contributed by atoms with Crippen molar-refractivity contribution in [1.29, 1.82) is 0 Å². The molecule has 0 unspecified atom stereocenters. The van der Waals surface area contributed by atoms with E-state index >= 15 is 0 Å². The summed E-state index contributed by atoms with van der Waals surface area (Å²) in [5.41, 5.74) is 6.02. The zero-order valence-electron chi connectivity index (χ0n) is 12.3. The van der Waals surface area contributed by atoms with Crippen LogP contribution in [-0.4, -0.2) is 19.7 Å². The Labute approximate surface area is 127 Å². The number of fused-ring (bicyclic) bond motifs is 1. The summed E-state index contributed by atoms with van der Waals surface area (Å²) in [5, 5.41) is 7.64.